The van der Waals surface area contributed by atoms with E-state index >= 15 is 0 Å². The van der Waals surface area contributed by atoms with Gasteiger partial charge in [0, 0.05) is 12.5 Å². The molecular formula is C10H16N2O3. The molecular weight excluding hydrogens is 196 g/mol. The quantitative estimate of drug-likeness (QED) is 0.732. The summed E-state index contributed by atoms with van der Waals surface area (Å²) < 4.78 is 0. The maximum absolute atomic E-state index is 11.6. The van der Waals surface area contributed by atoms with Crippen molar-refractivity contribution in [3.05, 3.63) is 0 Å². The van der Waals surface area contributed by atoms with E-state index in [0.29, 0.717) is 0 Å². The first-order valence-corrected chi connectivity index (χ1v) is 4.82. The van der Waals surface area contributed by atoms with Crippen molar-refractivity contribution in [2.45, 2.75) is 33.2 Å². The van der Waals surface area contributed by atoms with Crippen LogP contribution in [0, 0.1) is 17.2 Å². The average molecular weight is 212 g/mol. The zero-order valence-electron chi connectivity index (χ0n) is 9.23. The highest BCUT2D eigenvalue weighted by molar-refractivity contribution is 5.84. The zero-order valence-corrected chi connectivity index (χ0v) is 9.23. The van der Waals surface area contributed by atoms with Gasteiger partial charge < -0.3 is 10.0 Å². The fourth-order valence-electron chi connectivity index (χ4n) is 1.13. The van der Waals surface area contributed by atoms with Crippen molar-refractivity contribution < 1.29 is 14.7 Å². The average Bonchev–Trinajstić information content (AvgIpc) is 2.17. The molecule has 1 amide bonds. The summed E-state index contributed by atoms with van der Waals surface area (Å²) in [5.74, 6) is -1.55. The van der Waals surface area contributed by atoms with Crippen LogP contribution in [0.5, 0.6) is 0 Å². The van der Waals surface area contributed by atoms with Crippen LogP contribution in [0.3, 0.4) is 0 Å². The molecule has 0 spiro atoms. The number of rotatable bonds is 5. The predicted octanol–water partition coefficient (Wildman–Crippen LogP) is 0.858. The molecule has 1 N–H and O–H groups in total. The van der Waals surface area contributed by atoms with Gasteiger partial charge in [0.1, 0.15) is 6.04 Å². The van der Waals surface area contributed by atoms with E-state index in [9.17, 15) is 9.59 Å². The number of aliphatic carboxylic acids is 1. The normalized spacial score (nSPS) is 11.9. The maximum atomic E-state index is 11.6. The number of nitrogens with zero attached hydrogens (tertiary/aromatic N) is 2. The fraction of sp³-hybridized carbons (Fsp3) is 0.700. The zero-order chi connectivity index (χ0) is 12.0. The van der Waals surface area contributed by atoms with Crippen LogP contribution in [0.2, 0.25) is 0 Å². The SMILES string of the molecule is CC(C)C(=O)N(CCC#N)C(C)C(=O)O. The Morgan fingerprint density at radius 3 is 2.27 bits per heavy atom. The van der Waals surface area contributed by atoms with Gasteiger partial charge in [-0.3, -0.25) is 4.79 Å². The summed E-state index contributed by atoms with van der Waals surface area (Å²) in [6, 6.07) is 1.02. The summed E-state index contributed by atoms with van der Waals surface area (Å²) in [7, 11) is 0. The standard InChI is InChI=1S/C10H16N2O3/c1-7(2)9(13)12(6-4-5-11)8(3)10(14)15/h7-8H,4,6H2,1-3H3,(H,14,15). The van der Waals surface area contributed by atoms with Gasteiger partial charge in [-0.2, -0.15) is 5.26 Å². The number of carbonyl (C=O) groups is 2. The second kappa shape index (κ2) is 6.02. The second-order valence-electron chi connectivity index (χ2n) is 3.61. The topological polar surface area (TPSA) is 81.4 Å². The van der Waals surface area contributed by atoms with Crippen LogP contribution in [0.4, 0.5) is 0 Å². The molecule has 5 heteroatoms. The van der Waals surface area contributed by atoms with Gasteiger partial charge in [-0.1, -0.05) is 13.8 Å². The van der Waals surface area contributed by atoms with Gasteiger partial charge in [-0.25, -0.2) is 4.79 Å². The fourth-order valence-corrected chi connectivity index (χ4v) is 1.13. The van der Waals surface area contributed by atoms with Crippen molar-refractivity contribution in [1.82, 2.24) is 4.90 Å². The lowest BCUT2D eigenvalue weighted by atomic mass is 10.1. The molecule has 0 aliphatic heterocycles. The molecule has 0 aliphatic carbocycles. The minimum atomic E-state index is -1.05. The molecule has 5 nitrogen and oxygen atoms in total. The second-order valence-corrected chi connectivity index (χ2v) is 3.61. The summed E-state index contributed by atoms with van der Waals surface area (Å²) >= 11 is 0. The van der Waals surface area contributed by atoms with Crippen molar-refractivity contribution in [2.24, 2.45) is 5.92 Å². The molecule has 0 heterocycles. The van der Waals surface area contributed by atoms with Gasteiger partial charge in [0.05, 0.1) is 12.5 Å². The number of amides is 1. The first-order chi connectivity index (χ1) is 6.91. The molecule has 0 aromatic carbocycles. The van der Waals surface area contributed by atoms with Crippen LogP contribution < -0.4 is 0 Å². The molecule has 84 valence electrons. The lowest BCUT2D eigenvalue weighted by Gasteiger charge is -2.27. The summed E-state index contributed by atoms with van der Waals surface area (Å²) in [5, 5.41) is 17.2. The smallest absolute Gasteiger partial charge is 0.326 e. The molecule has 0 bridgehead atoms. The molecule has 15 heavy (non-hydrogen) atoms. The van der Waals surface area contributed by atoms with Crippen molar-refractivity contribution >= 4 is 11.9 Å². The molecule has 1 unspecified atom stereocenters. The molecule has 0 fully saturated rings. The van der Waals surface area contributed by atoms with Crippen LogP contribution in [-0.2, 0) is 9.59 Å². The number of carbonyl (C=O) groups excluding carboxylic acids is 1. The first kappa shape index (κ1) is 13.4. The Morgan fingerprint density at radius 1 is 1.40 bits per heavy atom. The van der Waals surface area contributed by atoms with E-state index < -0.39 is 12.0 Å². The number of carboxylic acid groups (broad SMARTS) is 1. The summed E-state index contributed by atoms with van der Waals surface area (Å²) in [6.07, 6.45) is 0.149. The summed E-state index contributed by atoms with van der Waals surface area (Å²) in [5.41, 5.74) is 0. The third-order valence-electron chi connectivity index (χ3n) is 2.07. The van der Waals surface area contributed by atoms with E-state index in [1.54, 1.807) is 13.8 Å². The van der Waals surface area contributed by atoms with Crippen LogP contribution in [0.25, 0.3) is 0 Å². The highest BCUT2D eigenvalue weighted by Crippen LogP contribution is 2.07. The Kier molecular flexibility index (Phi) is 5.39. The predicted molar refractivity (Wildman–Crippen MR) is 53.9 cm³/mol. The Balaban J connectivity index is 4.65. The molecule has 1 atom stereocenters. The largest absolute Gasteiger partial charge is 0.480 e. The number of hydrogen-bond acceptors (Lipinski definition) is 3. The Labute approximate surface area is 89.3 Å². The molecule has 0 saturated carbocycles. The Bertz CT molecular complexity index is 281. The number of nitriles is 1. The van der Waals surface area contributed by atoms with E-state index in [1.807, 2.05) is 6.07 Å². The van der Waals surface area contributed by atoms with E-state index in [2.05, 4.69) is 0 Å². The minimum absolute atomic E-state index is 0.149. The molecule has 0 aliphatic rings. The number of hydrogen-bond donors (Lipinski definition) is 1. The van der Waals surface area contributed by atoms with Crippen LogP contribution in [0.15, 0.2) is 0 Å². The van der Waals surface area contributed by atoms with E-state index in [-0.39, 0.29) is 24.8 Å². The van der Waals surface area contributed by atoms with Crippen molar-refractivity contribution in [3.63, 3.8) is 0 Å². The van der Waals surface area contributed by atoms with Crippen LogP contribution in [-0.4, -0.2) is 34.5 Å². The first-order valence-electron chi connectivity index (χ1n) is 4.82. The van der Waals surface area contributed by atoms with Crippen LogP contribution in [0.1, 0.15) is 27.2 Å². The van der Waals surface area contributed by atoms with Crippen molar-refractivity contribution in [3.8, 4) is 6.07 Å². The third kappa shape index (κ3) is 3.98. The molecule has 0 radical (unpaired) electrons. The van der Waals surface area contributed by atoms with E-state index in [4.69, 9.17) is 10.4 Å². The monoisotopic (exact) mass is 212 g/mol. The van der Waals surface area contributed by atoms with Gasteiger partial charge in [0.2, 0.25) is 5.91 Å². The summed E-state index contributed by atoms with van der Waals surface area (Å²) in [6.45, 7) is 5.02. The maximum Gasteiger partial charge on any atom is 0.326 e. The van der Waals surface area contributed by atoms with E-state index in [1.165, 1.54) is 11.8 Å². The molecule has 0 saturated heterocycles. The minimum Gasteiger partial charge on any atom is -0.480 e. The van der Waals surface area contributed by atoms with Crippen molar-refractivity contribution in [2.75, 3.05) is 6.54 Å². The third-order valence-corrected chi connectivity index (χ3v) is 2.07. The number of carboxylic acids is 1. The van der Waals surface area contributed by atoms with Crippen molar-refractivity contribution in [1.29, 1.82) is 5.26 Å². The highest BCUT2D eigenvalue weighted by atomic mass is 16.4. The van der Waals surface area contributed by atoms with Gasteiger partial charge in [0.15, 0.2) is 0 Å². The van der Waals surface area contributed by atoms with Gasteiger partial charge in [-0.05, 0) is 6.92 Å². The van der Waals surface area contributed by atoms with Gasteiger partial charge in [0.25, 0.3) is 0 Å². The lowest BCUT2D eigenvalue weighted by Crippen LogP contribution is -2.45. The highest BCUT2D eigenvalue weighted by Gasteiger charge is 2.26. The molecule has 0 aromatic heterocycles. The summed E-state index contributed by atoms with van der Waals surface area (Å²) in [4.78, 5) is 23.6. The Morgan fingerprint density at radius 2 is 1.93 bits per heavy atom. The van der Waals surface area contributed by atoms with Crippen LogP contribution >= 0.6 is 0 Å². The molecule has 0 aromatic rings. The van der Waals surface area contributed by atoms with Gasteiger partial charge >= 0.3 is 5.97 Å². The van der Waals surface area contributed by atoms with E-state index in [0.717, 1.165) is 0 Å². The molecule has 0 rings (SSSR count). The Hall–Kier alpha value is -1.57. The van der Waals surface area contributed by atoms with Gasteiger partial charge in [-0.15, -0.1) is 0 Å². The lowest BCUT2D eigenvalue weighted by molar-refractivity contribution is -0.150.